The SMILES string of the molecule is CC1C/C=C\CCSCCC1. The maximum Gasteiger partial charge on any atom is -0.00329 e. The first kappa shape index (κ1) is 9.18. The summed E-state index contributed by atoms with van der Waals surface area (Å²) in [4.78, 5) is 0. The van der Waals surface area contributed by atoms with E-state index in [1.54, 1.807) is 0 Å². The van der Waals surface area contributed by atoms with Gasteiger partial charge in [0.05, 0.1) is 0 Å². The highest BCUT2D eigenvalue weighted by Gasteiger charge is 2.00. The summed E-state index contributed by atoms with van der Waals surface area (Å²) >= 11 is 2.10. The topological polar surface area (TPSA) is 0 Å². The standard InChI is InChI=1S/C10H18S/c1-10-6-3-2-4-8-11-9-5-7-10/h2-3,10H,4-9H2,1H3/b3-2-. The molecular weight excluding hydrogens is 152 g/mol. The van der Waals surface area contributed by atoms with E-state index in [0.29, 0.717) is 0 Å². The van der Waals surface area contributed by atoms with Crippen molar-refractivity contribution < 1.29 is 0 Å². The van der Waals surface area contributed by atoms with Crippen LogP contribution in [0.4, 0.5) is 0 Å². The Kier molecular flexibility index (Phi) is 4.76. The van der Waals surface area contributed by atoms with Crippen LogP contribution in [0.25, 0.3) is 0 Å². The quantitative estimate of drug-likeness (QED) is 0.501. The average Bonchev–Trinajstić information content (AvgIpc) is 2.03. The first-order valence-electron chi connectivity index (χ1n) is 4.62. The summed E-state index contributed by atoms with van der Waals surface area (Å²) in [6, 6.07) is 0. The van der Waals surface area contributed by atoms with Crippen LogP contribution in [0, 0.1) is 5.92 Å². The van der Waals surface area contributed by atoms with Crippen molar-refractivity contribution >= 4 is 11.8 Å². The number of rotatable bonds is 0. The molecule has 0 spiro atoms. The first-order chi connectivity index (χ1) is 5.39. The molecule has 0 aliphatic carbocycles. The fraction of sp³-hybridized carbons (Fsp3) is 0.800. The summed E-state index contributed by atoms with van der Waals surface area (Å²) in [5.74, 6) is 3.60. The minimum Gasteiger partial charge on any atom is -0.162 e. The third-order valence-electron chi connectivity index (χ3n) is 2.12. The lowest BCUT2D eigenvalue weighted by molar-refractivity contribution is 0.533. The second-order valence-electron chi connectivity index (χ2n) is 3.36. The zero-order chi connectivity index (χ0) is 7.94. The summed E-state index contributed by atoms with van der Waals surface area (Å²) in [6.07, 6.45) is 10.1. The molecule has 0 aromatic heterocycles. The third-order valence-corrected chi connectivity index (χ3v) is 3.22. The Bertz CT molecular complexity index is 118. The van der Waals surface area contributed by atoms with Gasteiger partial charge in [-0.15, -0.1) is 0 Å². The lowest BCUT2D eigenvalue weighted by Crippen LogP contribution is -1.95. The van der Waals surface area contributed by atoms with Crippen LogP contribution in [0.3, 0.4) is 0 Å². The number of thioether (sulfide) groups is 1. The van der Waals surface area contributed by atoms with Crippen LogP contribution in [0.5, 0.6) is 0 Å². The molecule has 0 fully saturated rings. The number of hydrogen-bond acceptors (Lipinski definition) is 1. The number of hydrogen-bond donors (Lipinski definition) is 0. The second kappa shape index (κ2) is 5.70. The Hall–Kier alpha value is 0.0900. The number of allylic oxidation sites excluding steroid dienone is 2. The minimum absolute atomic E-state index is 0.907. The molecule has 0 radical (unpaired) electrons. The smallest absolute Gasteiger partial charge is 0.00329 e. The normalized spacial score (nSPS) is 31.2. The van der Waals surface area contributed by atoms with Crippen LogP contribution in [0.15, 0.2) is 12.2 Å². The maximum absolute atomic E-state index is 2.36. The molecular formula is C10H18S. The van der Waals surface area contributed by atoms with Gasteiger partial charge in [0.15, 0.2) is 0 Å². The lowest BCUT2D eigenvalue weighted by Gasteiger charge is -2.09. The van der Waals surface area contributed by atoms with E-state index in [-0.39, 0.29) is 0 Å². The molecule has 64 valence electrons. The van der Waals surface area contributed by atoms with Crippen molar-refractivity contribution in [1.82, 2.24) is 0 Å². The van der Waals surface area contributed by atoms with Gasteiger partial charge in [0.2, 0.25) is 0 Å². The van der Waals surface area contributed by atoms with Gasteiger partial charge in [-0.2, -0.15) is 11.8 Å². The van der Waals surface area contributed by atoms with Crippen LogP contribution in [0.1, 0.15) is 32.6 Å². The lowest BCUT2D eigenvalue weighted by atomic mass is 10.0. The molecule has 0 N–H and O–H groups in total. The summed E-state index contributed by atoms with van der Waals surface area (Å²) in [5, 5.41) is 0. The van der Waals surface area contributed by atoms with Gasteiger partial charge in [0.25, 0.3) is 0 Å². The minimum atomic E-state index is 0.907. The van der Waals surface area contributed by atoms with E-state index in [1.165, 1.54) is 37.2 Å². The van der Waals surface area contributed by atoms with Gasteiger partial charge in [-0.1, -0.05) is 19.1 Å². The van der Waals surface area contributed by atoms with Crippen molar-refractivity contribution in [2.75, 3.05) is 11.5 Å². The van der Waals surface area contributed by atoms with Gasteiger partial charge in [-0.05, 0) is 43.1 Å². The van der Waals surface area contributed by atoms with Gasteiger partial charge in [-0.25, -0.2) is 0 Å². The van der Waals surface area contributed by atoms with Crippen LogP contribution in [0.2, 0.25) is 0 Å². The van der Waals surface area contributed by atoms with E-state index in [2.05, 4.69) is 30.8 Å². The average molecular weight is 170 g/mol. The predicted molar refractivity (Wildman–Crippen MR) is 54.1 cm³/mol. The molecule has 1 heteroatoms. The highest BCUT2D eigenvalue weighted by atomic mass is 32.2. The Balaban J connectivity index is 2.25. The monoisotopic (exact) mass is 170 g/mol. The fourth-order valence-corrected chi connectivity index (χ4v) is 2.23. The highest BCUT2D eigenvalue weighted by Crippen LogP contribution is 2.16. The van der Waals surface area contributed by atoms with Gasteiger partial charge in [0, 0.05) is 0 Å². The molecule has 1 aliphatic rings. The van der Waals surface area contributed by atoms with Crippen molar-refractivity contribution in [2.45, 2.75) is 32.6 Å². The Morgan fingerprint density at radius 1 is 1.27 bits per heavy atom. The van der Waals surface area contributed by atoms with Crippen LogP contribution >= 0.6 is 11.8 Å². The summed E-state index contributed by atoms with van der Waals surface area (Å²) in [5.41, 5.74) is 0. The second-order valence-corrected chi connectivity index (χ2v) is 4.58. The molecule has 0 saturated heterocycles. The molecule has 1 atom stereocenters. The van der Waals surface area contributed by atoms with Crippen molar-refractivity contribution in [3.05, 3.63) is 12.2 Å². The van der Waals surface area contributed by atoms with Crippen LogP contribution < -0.4 is 0 Å². The van der Waals surface area contributed by atoms with E-state index in [4.69, 9.17) is 0 Å². The Morgan fingerprint density at radius 2 is 2.18 bits per heavy atom. The maximum atomic E-state index is 2.36. The third kappa shape index (κ3) is 4.52. The predicted octanol–water partition coefficient (Wildman–Crippen LogP) is 3.49. The van der Waals surface area contributed by atoms with Gasteiger partial charge >= 0.3 is 0 Å². The summed E-state index contributed by atoms with van der Waals surface area (Å²) < 4.78 is 0. The highest BCUT2D eigenvalue weighted by molar-refractivity contribution is 7.99. The molecule has 1 heterocycles. The molecule has 0 saturated carbocycles. The Labute approximate surface area is 74.5 Å². The van der Waals surface area contributed by atoms with Gasteiger partial charge in [0.1, 0.15) is 0 Å². The van der Waals surface area contributed by atoms with Crippen molar-refractivity contribution in [1.29, 1.82) is 0 Å². The zero-order valence-corrected chi connectivity index (χ0v) is 8.20. The van der Waals surface area contributed by atoms with E-state index < -0.39 is 0 Å². The fourth-order valence-electron chi connectivity index (χ4n) is 1.35. The van der Waals surface area contributed by atoms with Gasteiger partial charge in [-0.3, -0.25) is 0 Å². The van der Waals surface area contributed by atoms with E-state index >= 15 is 0 Å². The molecule has 1 unspecified atom stereocenters. The summed E-state index contributed by atoms with van der Waals surface area (Å²) in [7, 11) is 0. The van der Waals surface area contributed by atoms with E-state index in [1.807, 2.05) is 0 Å². The molecule has 0 nitrogen and oxygen atoms in total. The molecule has 11 heavy (non-hydrogen) atoms. The van der Waals surface area contributed by atoms with Crippen LogP contribution in [-0.2, 0) is 0 Å². The van der Waals surface area contributed by atoms with Crippen LogP contribution in [-0.4, -0.2) is 11.5 Å². The van der Waals surface area contributed by atoms with E-state index in [0.717, 1.165) is 5.92 Å². The molecule has 1 rings (SSSR count). The molecule has 0 amide bonds. The molecule has 0 aromatic carbocycles. The van der Waals surface area contributed by atoms with Crippen molar-refractivity contribution in [3.63, 3.8) is 0 Å². The first-order valence-corrected chi connectivity index (χ1v) is 5.78. The van der Waals surface area contributed by atoms with Crippen molar-refractivity contribution in [2.24, 2.45) is 5.92 Å². The van der Waals surface area contributed by atoms with Gasteiger partial charge < -0.3 is 0 Å². The Morgan fingerprint density at radius 3 is 3.09 bits per heavy atom. The summed E-state index contributed by atoms with van der Waals surface area (Å²) in [6.45, 7) is 2.36. The van der Waals surface area contributed by atoms with E-state index in [9.17, 15) is 0 Å². The van der Waals surface area contributed by atoms with Crippen molar-refractivity contribution in [3.8, 4) is 0 Å². The molecule has 0 bridgehead atoms. The molecule has 1 aliphatic heterocycles. The zero-order valence-electron chi connectivity index (χ0n) is 7.38. The largest absolute Gasteiger partial charge is 0.162 e. The molecule has 0 aromatic rings.